The standard InChI is InChI=1S/C23H36N4O2S/c1-3-5-6-7-8-9-10-11-12-16-19-30-23-24-26-27(25-23)21(22(28)29-4-2)20-17-14-13-15-18-20/h13-15,17-18,21H,3-12,16,19H2,1-2H3. The normalized spacial score (nSPS) is 12.1. The van der Waals surface area contributed by atoms with Gasteiger partial charge in [0.15, 0.2) is 6.04 Å². The molecule has 0 aliphatic rings. The molecule has 166 valence electrons. The van der Waals surface area contributed by atoms with Crippen molar-refractivity contribution in [2.45, 2.75) is 89.3 Å². The van der Waals surface area contributed by atoms with E-state index >= 15 is 0 Å². The predicted molar refractivity (Wildman–Crippen MR) is 122 cm³/mol. The maximum Gasteiger partial charge on any atom is 0.337 e. The van der Waals surface area contributed by atoms with Crippen LogP contribution in [0.5, 0.6) is 0 Å². The fourth-order valence-electron chi connectivity index (χ4n) is 3.35. The fourth-order valence-corrected chi connectivity index (χ4v) is 4.12. The summed E-state index contributed by atoms with van der Waals surface area (Å²) in [6, 6.07) is 8.74. The first-order valence-corrected chi connectivity index (χ1v) is 12.4. The minimum atomic E-state index is -0.703. The smallest absolute Gasteiger partial charge is 0.337 e. The minimum absolute atomic E-state index is 0.317. The Kier molecular flexibility index (Phi) is 12.2. The van der Waals surface area contributed by atoms with Gasteiger partial charge < -0.3 is 4.74 Å². The summed E-state index contributed by atoms with van der Waals surface area (Å²) < 4.78 is 5.22. The highest BCUT2D eigenvalue weighted by Crippen LogP contribution is 2.21. The molecule has 0 aliphatic heterocycles. The van der Waals surface area contributed by atoms with Gasteiger partial charge in [0, 0.05) is 5.75 Å². The van der Waals surface area contributed by atoms with Gasteiger partial charge in [-0.05, 0) is 24.1 Å². The first-order valence-electron chi connectivity index (χ1n) is 11.4. The summed E-state index contributed by atoms with van der Waals surface area (Å²) in [6.07, 6.45) is 13.2. The average Bonchev–Trinajstić information content (AvgIpc) is 3.21. The molecule has 7 heteroatoms. The molecule has 0 saturated heterocycles. The number of benzene rings is 1. The van der Waals surface area contributed by atoms with Crippen LogP contribution < -0.4 is 0 Å². The van der Waals surface area contributed by atoms with Gasteiger partial charge in [-0.3, -0.25) is 0 Å². The van der Waals surface area contributed by atoms with E-state index in [9.17, 15) is 4.79 Å². The first kappa shape index (κ1) is 24.4. The van der Waals surface area contributed by atoms with Crippen molar-refractivity contribution in [3.05, 3.63) is 35.9 Å². The third-order valence-electron chi connectivity index (χ3n) is 5.00. The second kappa shape index (κ2) is 15.0. The van der Waals surface area contributed by atoms with Gasteiger partial charge in [-0.2, -0.15) is 0 Å². The molecule has 0 bridgehead atoms. The van der Waals surface area contributed by atoms with Crippen LogP contribution in [0.4, 0.5) is 0 Å². The van der Waals surface area contributed by atoms with Crippen LogP contribution >= 0.6 is 11.8 Å². The number of nitrogens with zero attached hydrogens (tertiary/aromatic N) is 4. The second-order valence-corrected chi connectivity index (χ2v) is 8.55. The molecule has 0 amide bonds. The van der Waals surface area contributed by atoms with Gasteiger partial charge >= 0.3 is 5.97 Å². The van der Waals surface area contributed by atoms with Gasteiger partial charge in [0.05, 0.1) is 6.61 Å². The Morgan fingerprint density at radius 2 is 1.60 bits per heavy atom. The molecule has 0 saturated carbocycles. The van der Waals surface area contributed by atoms with Crippen molar-refractivity contribution in [3.8, 4) is 0 Å². The first-order chi connectivity index (χ1) is 14.8. The lowest BCUT2D eigenvalue weighted by atomic mass is 10.1. The molecule has 2 aromatic rings. The van der Waals surface area contributed by atoms with E-state index in [1.165, 1.54) is 62.6 Å². The van der Waals surface area contributed by atoms with Gasteiger partial charge in [0.25, 0.3) is 0 Å². The number of rotatable bonds is 16. The Morgan fingerprint density at radius 1 is 0.967 bits per heavy atom. The molecular weight excluding hydrogens is 396 g/mol. The van der Waals surface area contributed by atoms with Crippen molar-refractivity contribution >= 4 is 17.7 Å². The van der Waals surface area contributed by atoms with E-state index in [1.54, 1.807) is 18.7 Å². The van der Waals surface area contributed by atoms with E-state index in [1.807, 2.05) is 30.3 Å². The van der Waals surface area contributed by atoms with Gasteiger partial charge in [-0.15, -0.1) is 15.0 Å². The summed E-state index contributed by atoms with van der Waals surface area (Å²) in [4.78, 5) is 13.8. The Bertz CT molecular complexity index is 708. The number of unbranched alkanes of at least 4 members (excludes halogenated alkanes) is 9. The molecule has 6 nitrogen and oxygen atoms in total. The largest absolute Gasteiger partial charge is 0.464 e. The molecular formula is C23H36N4O2S. The molecule has 0 aliphatic carbocycles. The molecule has 1 heterocycles. The highest BCUT2D eigenvalue weighted by atomic mass is 32.2. The number of tetrazole rings is 1. The number of ether oxygens (including phenoxy) is 1. The summed E-state index contributed by atoms with van der Waals surface area (Å²) in [5, 5.41) is 13.3. The van der Waals surface area contributed by atoms with E-state index in [4.69, 9.17) is 4.74 Å². The second-order valence-electron chi connectivity index (χ2n) is 7.49. The van der Waals surface area contributed by atoms with Crippen LogP contribution in [0.1, 0.15) is 89.7 Å². The maximum atomic E-state index is 12.5. The van der Waals surface area contributed by atoms with E-state index < -0.39 is 6.04 Å². The average molecular weight is 433 g/mol. The van der Waals surface area contributed by atoms with Crippen LogP contribution in [0.15, 0.2) is 35.5 Å². The van der Waals surface area contributed by atoms with E-state index in [0.29, 0.717) is 11.8 Å². The monoisotopic (exact) mass is 432 g/mol. The minimum Gasteiger partial charge on any atom is -0.464 e. The molecule has 1 unspecified atom stereocenters. The molecule has 1 aromatic carbocycles. The van der Waals surface area contributed by atoms with Crippen molar-refractivity contribution in [3.63, 3.8) is 0 Å². The molecule has 1 atom stereocenters. The Hall–Kier alpha value is -1.89. The zero-order valence-corrected chi connectivity index (χ0v) is 19.3. The molecule has 30 heavy (non-hydrogen) atoms. The van der Waals surface area contributed by atoms with Crippen LogP contribution in [-0.4, -0.2) is 38.5 Å². The quantitative estimate of drug-likeness (QED) is 0.189. The van der Waals surface area contributed by atoms with Gasteiger partial charge in [-0.1, -0.05) is 107 Å². The maximum absolute atomic E-state index is 12.5. The van der Waals surface area contributed by atoms with E-state index in [2.05, 4.69) is 22.3 Å². The Balaban J connectivity index is 1.71. The number of esters is 1. The van der Waals surface area contributed by atoms with Crippen LogP contribution in [-0.2, 0) is 9.53 Å². The molecule has 0 fully saturated rings. The highest BCUT2D eigenvalue weighted by molar-refractivity contribution is 7.99. The van der Waals surface area contributed by atoms with Crippen molar-refractivity contribution in [2.24, 2.45) is 0 Å². The van der Waals surface area contributed by atoms with Crippen LogP contribution in [0.25, 0.3) is 0 Å². The third-order valence-corrected chi connectivity index (χ3v) is 5.91. The molecule has 0 radical (unpaired) electrons. The van der Waals surface area contributed by atoms with Crippen molar-refractivity contribution in [1.82, 2.24) is 20.2 Å². The van der Waals surface area contributed by atoms with Gasteiger partial charge in [0.1, 0.15) is 0 Å². The number of hydrogen-bond acceptors (Lipinski definition) is 6. The van der Waals surface area contributed by atoms with Crippen LogP contribution in [0, 0.1) is 0 Å². The molecule has 0 spiro atoms. The summed E-state index contributed by atoms with van der Waals surface area (Å²) in [5.41, 5.74) is 0.791. The Morgan fingerprint density at radius 3 is 2.23 bits per heavy atom. The lowest BCUT2D eigenvalue weighted by Gasteiger charge is -2.14. The zero-order chi connectivity index (χ0) is 21.4. The fraction of sp³-hybridized carbons (Fsp3) is 0.652. The van der Waals surface area contributed by atoms with E-state index in [-0.39, 0.29) is 5.97 Å². The molecule has 1 aromatic heterocycles. The number of aromatic nitrogens is 4. The zero-order valence-electron chi connectivity index (χ0n) is 18.5. The van der Waals surface area contributed by atoms with Gasteiger partial charge in [0.2, 0.25) is 5.16 Å². The Labute approximate surface area is 185 Å². The van der Waals surface area contributed by atoms with Crippen molar-refractivity contribution in [1.29, 1.82) is 0 Å². The molecule has 0 N–H and O–H groups in total. The highest BCUT2D eigenvalue weighted by Gasteiger charge is 2.26. The SMILES string of the molecule is CCCCCCCCCCCCSc1nnn(C(C(=O)OCC)c2ccccc2)n1. The van der Waals surface area contributed by atoms with Crippen molar-refractivity contribution < 1.29 is 9.53 Å². The summed E-state index contributed by atoms with van der Waals surface area (Å²) >= 11 is 1.60. The lowest BCUT2D eigenvalue weighted by molar-refractivity contribution is -0.146. The number of carbonyl (C=O) groups excluding carboxylic acids is 1. The van der Waals surface area contributed by atoms with Crippen LogP contribution in [0.2, 0.25) is 0 Å². The number of carbonyl (C=O) groups is 1. The predicted octanol–water partition coefficient (Wildman–Crippen LogP) is 5.84. The molecule has 2 rings (SSSR count). The lowest BCUT2D eigenvalue weighted by Crippen LogP contribution is -2.25. The summed E-state index contributed by atoms with van der Waals surface area (Å²) in [7, 11) is 0. The summed E-state index contributed by atoms with van der Waals surface area (Å²) in [5.74, 6) is 0.602. The topological polar surface area (TPSA) is 69.9 Å². The van der Waals surface area contributed by atoms with Crippen molar-refractivity contribution in [2.75, 3.05) is 12.4 Å². The summed E-state index contributed by atoms with van der Waals surface area (Å²) in [6.45, 7) is 4.37. The van der Waals surface area contributed by atoms with Gasteiger partial charge in [-0.25, -0.2) is 4.79 Å². The third kappa shape index (κ3) is 8.86. The van der Waals surface area contributed by atoms with Crippen LogP contribution in [0.3, 0.4) is 0 Å². The van der Waals surface area contributed by atoms with E-state index in [0.717, 1.165) is 17.7 Å². The number of hydrogen-bond donors (Lipinski definition) is 0. The number of thioether (sulfide) groups is 1.